The first kappa shape index (κ1) is 15.2. The molecule has 1 amide bonds. The molecule has 0 atom stereocenters. The van der Waals surface area contributed by atoms with Crippen molar-refractivity contribution in [3.05, 3.63) is 64.5 Å². The summed E-state index contributed by atoms with van der Waals surface area (Å²) in [5.41, 5.74) is 1.93. The maximum Gasteiger partial charge on any atom is 0.337 e. The molecule has 116 valence electrons. The molecule has 2 aromatic carbocycles. The molecule has 0 spiro atoms. The molecule has 1 aromatic heterocycles. The molecular formula is C18H15NO3S. The van der Waals surface area contributed by atoms with E-state index >= 15 is 0 Å². The van der Waals surface area contributed by atoms with Gasteiger partial charge in [0.1, 0.15) is 0 Å². The Balaban J connectivity index is 1.89. The average molecular weight is 325 g/mol. The Kier molecular flexibility index (Phi) is 4.12. The molecule has 0 unspecified atom stereocenters. The highest BCUT2D eigenvalue weighted by molar-refractivity contribution is 7.21. The number of anilines is 1. The third kappa shape index (κ3) is 2.96. The van der Waals surface area contributed by atoms with Crippen LogP contribution in [0.4, 0.5) is 5.69 Å². The standard InChI is InChI=1S/C18H15NO3S/c1-11-14-8-3-4-9-15(14)23-16(11)17(20)19-13-7-5-6-12(10-13)18(21)22-2/h3-10H,1-2H3,(H,19,20). The number of methoxy groups -OCH3 is 1. The Hall–Kier alpha value is -2.66. The predicted octanol–water partition coefficient (Wildman–Crippen LogP) is 4.25. The highest BCUT2D eigenvalue weighted by Gasteiger charge is 2.16. The summed E-state index contributed by atoms with van der Waals surface area (Å²) in [5, 5.41) is 3.93. The van der Waals surface area contributed by atoms with Crippen molar-refractivity contribution < 1.29 is 14.3 Å². The van der Waals surface area contributed by atoms with E-state index in [2.05, 4.69) is 5.32 Å². The summed E-state index contributed by atoms with van der Waals surface area (Å²) in [5.74, 6) is -0.607. The quantitative estimate of drug-likeness (QED) is 0.733. The Morgan fingerprint density at radius 1 is 1.09 bits per heavy atom. The number of carbonyl (C=O) groups is 2. The number of hydrogen-bond donors (Lipinski definition) is 1. The fraction of sp³-hybridized carbons (Fsp3) is 0.111. The molecule has 0 aliphatic rings. The first-order chi connectivity index (χ1) is 11.1. The molecule has 0 saturated carbocycles. The Labute approximate surface area is 137 Å². The maximum atomic E-state index is 12.5. The fourth-order valence-electron chi connectivity index (χ4n) is 2.42. The fourth-order valence-corrected chi connectivity index (χ4v) is 3.52. The lowest BCUT2D eigenvalue weighted by atomic mass is 10.1. The number of carbonyl (C=O) groups excluding carboxylic acids is 2. The van der Waals surface area contributed by atoms with Crippen molar-refractivity contribution in [1.82, 2.24) is 0 Å². The van der Waals surface area contributed by atoms with Gasteiger partial charge in [0.25, 0.3) is 5.91 Å². The van der Waals surface area contributed by atoms with Gasteiger partial charge in [-0.2, -0.15) is 0 Å². The second-order valence-electron chi connectivity index (χ2n) is 5.08. The molecule has 5 heteroatoms. The SMILES string of the molecule is COC(=O)c1cccc(NC(=O)c2sc3ccccc3c2C)c1. The zero-order valence-electron chi connectivity index (χ0n) is 12.8. The Morgan fingerprint density at radius 3 is 2.61 bits per heavy atom. The van der Waals surface area contributed by atoms with Crippen LogP contribution in [0.5, 0.6) is 0 Å². The van der Waals surface area contributed by atoms with Gasteiger partial charge in [-0.25, -0.2) is 4.79 Å². The highest BCUT2D eigenvalue weighted by Crippen LogP contribution is 2.31. The van der Waals surface area contributed by atoms with Crippen molar-refractivity contribution in [2.75, 3.05) is 12.4 Å². The second-order valence-corrected chi connectivity index (χ2v) is 6.13. The van der Waals surface area contributed by atoms with Crippen LogP contribution in [0.15, 0.2) is 48.5 Å². The lowest BCUT2D eigenvalue weighted by molar-refractivity contribution is 0.0600. The monoisotopic (exact) mass is 325 g/mol. The summed E-state index contributed by atoms with van der Waals surface area (Å²) < 4.78 is 5.77. The summed E-state index contributed by atoms with van der Waals surface area (Å²) in [6.45, 7) is 1.94. The van der Waals surface area contributed by atoms with Gasteiger partial charge in [0.15, 0.2) is 0 Å². The Morgan fingerprint density at radius 2 is 1.87 bits per heavy atom. The normalized spacial score (nSPS) is 10.5. The third-order valence-electron chi connectivity index (χ3n) is 3.59. The first-order valence-electron chi connectivity index (χ1n) is 7.08. The van der Waals surface area contributed by atoms with Crippen molar-refractivity contribution in [1.29, 1.82) is 0 Å². The van der Waals surface area contributed by atoms with Gasteiger partial charge in [0.05, 0.1) is 17.6 Å². The molecule has 0 aliphatic heterocycles. The average Bonchev–Trinajstić information content (AvgIpc) is 2.92. The van der Waals surface area contributed by atoms with Crippen LogP contribution in [0.3, 0.4) is 0 Å². The summed E-state index contributed by atoms with van der Waals surface area (Å²) >= 11 is 1.46. The minimum atomic E-state index is -0.431. The van der Waals surface area contributed by atoms with E-state index in [-0.39, 0.29) is 5.91 Å². The lowest BCUT2D eigenvalue weighted by Gasteiger charge is -2.06. The summed E-state index contributed by atoms with van der Waals surface area (Å²) in [6.07, 6.45) is 0. The van der Waals surface area contributed by atoms with Crippen molar-refractivity contribution in [2.45, 2.75) is 6.92 Å². The molecule has 0 saturated heterocycles. The second kappa shape index (κ2) is 6.22. The molecule has 0 aliphatic carbocycles. The number of nitrogens with one attached hydrogen (secondary N) is 1. The maximum absolute atomic E-state index is 12.5. The number of amides is 1. The van der Waals surface area contributed by atoms with Crippen molar-refractivity contribution in [2.24, 2.45) is 0 Å². The van der Waals surface area contributed by atoms with E-state index in [0.29, 0.717) is 16.1 Å². The zero-order valence-corrected chi connectivity index (χ0v) is 13.6. The van der Waals surface area contributed by atoms with Gasteiger partial charge in [-0.3, -0.25) is 4.79 Å². The van der Waals surface area contributed by atoms with E-state index in [0.717, 1.165) is 15.6 Å². The van der Waals surface area contributed by atoms with Crippen molar-refractivity contribution >= 4 is 39.0 Å². The molecular weight excluding hydrogens is 310 g/mol. The van der Waals surface area contributed by atoms with Crippen molar-refractivity contribution in [3.8, 4) is 0 Å². The largest absolute Gasteiger partial charge is 0.465 e. The number of rotatable bonds is 3. The van der Waals surface area contributed by atoms with E-state index in [9.17, 15) is 9.59 Å². The minimum absolute atomic E-state index is 0.175. The van der Waals surface area contributed by atoms with Gasteiger partial charge < -0.3 is 10.1 Å². The van der Waals surface area contributed by atoms with Crippen LogP contribution in [0.1, 0.15) is 25.6 Å². The number of hydrogen-bond acceptors (Lipinski definition) is 4. The van der Waals surface area contributed by atoms with E-state index in [4.69, 9.17) is 4.74 Å². The van der Waals surface area contributed by atoms with Crippen LogP contribution in [-0.2, 0) is 4.74 Å². The van der Waals surface area contributed by atoms with E-state index in [1.54, 1.807) is 24.3 Å². The van der Waals surface area contributed by atoms with E-state index < -0.39 is 5.97 Å². The van der Waals surface area contributed by atoms with Crippen LogP contribution in [0.2, 0.25) is 0 Å². The topological polar surface area (TPSA) is 55.4 Å². The molecule has 0 bridgehead atoms. The Bertz CT molecular complexity index is 898. The van der Waals surface area contributed by atoms with Gasteiger partial charge in [-0.05, 0) is 42.1 Å². The molecule has 0 radical (unpaired) electrons. The lowest BCUT2D eigenvalue weighted by Crippen LogP contribution is -2.12. The van der Waals surface area contributed by atoms with E-state index in [1.807, 2.05) is 31.2 Å². The van der Waals surface area contributed by atoms with Crippen LogP contribution in [0, 0.1) is 6.92 Å². The molecule has 1 N–H and O–H groups in total. The summed E-state index contributed by atoms with van der Waals surface area (Å²) in [4.78, 5) is 24.8. The summed E-state index contributed by atoms with van der Waals surface area (Å²) in [6, 6.07) is 14.6. The van der Waals surface area contributed by atoms with Gasteiger partial charge in [0.2, 0.25) is 0 Å². The van der Waals surface area contributed by atoms with Crippen LogP contribution in [-0.4, -0.2) is 19.0 Å². The van der Waals surface area contributed by atoms with E-state index in [1.165, 1.54) is 18.4 Å². The molecule has 3 rings (SSSR count). The smallest absolute Gasteiger partial charge is 0.337 e. The number of thiophene rings is 1. The zero-order chi connectivity index (χ0) is 16.4. The molecule has 3 aromatic rings. The van der Waals surface area contributed by atoms with Gasteiger partial charge in [-0.15, -0.1) is 11.3 Å². The molecule has 1 heterocycles. The molecule has 23 heavy (non-hydrogen) atoms. The van der Waals surface area contributed by atoms with Gasteiger partial charge in [0, 0.05) is 10.4 Å². The van der Waals surface area contributed by atoms with Crippen LogP contribution >= 0.6 is 11.3 Å². The molecule has 0 fully saturated rings. The highest BCUT2D eigenvalue weighted by atomic mass is 32.1. The number of fused-ring (bicyclic) bond motifs is 1. The number of esters is 1. The third-order valence-corrected chi connectivity index (χ3v) is 4.86. The number of benzene rings is 2. The first-order valence-corrected chi connectivity index (χ1v) is 7.89. The minimum Gasteiger partial charge on any atom is -0.465 e. The number of aryl methyl sites for hydroxylation is 1. The number of ether oxygens (including phenoxy) is 1. The van der Waals surface area contributed by atoms with Gasteiger partial charge >= 0.3 is 5.97 Å². The van der Waals surface area contributed by atoms with Crippen molar-refractivity contribution in [3.63, 3.8) is 0 Å². The van der Waals surface area contributed by atoms with Crippen LogP contribution < -0.4 is 5.32 Å². The van der Waals surface area contributed by atoms with Gasteiger partial charge in [-0.1, -0.05) is 24.3 Å². The predicted molar refractivity (Wildman–Crippen MR) is 92.3 cm³/mol. The molecule has 4 nitrogen and oxygen atoms in total. The van der Waals surface area contributed by atoms with Crippen LogP contribution in [0.25, 0.3) is 10.1 Å². The summed E-state index contributed by atoms with van der Waals surface area (Å²) in [7, 11) is 1.33.